The lowest BCUT2D eigenvalue weighted by atomic mass is 9.89. The Morgan fingerprint density at radius 2 is 1.60 bits per heavy atom. The Morgan fingerprint density at radius 1 is 1.04 bits per heavy atom. The first kappa shape index (κ1) is 18.4. The van der Waals surface area contributed by atoms with Gasteiger partial charge in [-0.15, -0.1) is 0 Å². The van der Waals surface area contributed by atoms with E-state index in [0.717, 1.165) is 5.56 Å². The molecule has 0 radical (unpaired) electrons. The van der Waals surface area contributed by atoms with Crippen LogP contribution in [0.3, 0.4) is 0 Å². The highest BCUT2D eigenvalue weighted by Crippen LogP contribution is 2.63. The van der Waals surface area contributed by atoms with E-state index in [1.165, 1.54) is 0 Å². The van der Waals surface area contributed by atoms with Crippen molar-refractivity contribution >= 4 is 15.9 Å². The van der Waals surface area contributed by atoms with Gasteiger partial charge in [-0.2, -0.15) is 4.31 Å². The second-order valence-corrected chi connectivity index (χ2v) is 11.5. The predicted octanol–water partition coefficient (Wildman–Crippen LogP) is 3.31. The van der Waals surface area contributed by atoms with Crippen LogP contribution in [0.5, 0.6) is 0 Å². The van der Waals surface area contributed by atoms with Crippen LogP contribution in [-0.4, -0.2) is 41.1 Å². The first-order valence-electron chi connectivity index (χ1n) is 8.62. The van der Waals surface area contributed by atoms with Gasteiger partial charge in [-0.25, -0.2) is 13.4 Å². The van der Waals surface area contributed by atoms with Crippen molar-refractivity contribution < 1.29 is 13.2 Å². The summed E-state index contributed by atoms with van der Waals surface area (Å²) in [6, 6.07) is 9.74. The molecule has 5 nitrogen and oxygen atoms in total. The predicted molar refractivity (Wildman–Crippen MR) is 100 cm³/mol. The average molecular weight is 365 g/mol. The van der Waals surface area contributed by atoms with Gasteiger partial charge in [0.2, 0.25) is 15.9 Å². The highest BCUT2D eigenvalue weighted by molar-refractivity contribution is 7.90. The van der Waals surface area contributed by atoms with Gasteiger partial charge < -0.3 is 4.74 Å². The van der Waals surface area contributed by atoms with Crippen LogP contribution in [0.1, 0.15) is 54.0 Å². The van der Waals surface area contributed by atoms with E-state index in [-0.39, 0.29) is 5.54 Å². The zero-order valence-corrected chi connectivity index (χ0v) is 16.9. The molecule has 1 fully saturated rings. The maximum Gasteiger partial charge on any atom is 0.220 e. The van der Waals surface area contributed by atoms with Gasteiger partial charge in [0, 0.05) is 0 Å². The van der Waals surface area contributed by atoms with E-state index in [4.69, 9.17) is 9.73 Å². The summed E-state index contributed by atoms with van der Waals surface area (Å²) in [6.07, 6.45) is 0. The van der Waals surface area contributed by atoms with Gasteiger partial charge in [0.05, 0.1) is 15.8 Å². The quantitative estimate of drug-likeness (QED) is 0.773. The number of hydrogen-bond acceptors (Lipinski definition) is 4. The third-order valence-corrected chi connectivity index (χ3v) is 8.20. The second-order valence-electron chi connectivity index (χ2n) is 8.91. The lowest BCUT2D eigenvalue weighted by Gasteiger charge is -2.23. The fraction of sp³-hybridized carbons (Fsp3) is 0.632. The zero-order chi connectivity index (χ0) is 18.9. The Hall–Kier alpha value is -1.40. The third kappa shape index (κ3) is 2.37. The molecule has 6 heteroatoms. The molecule has 0 spiro atoms. The molecule has 1 aromatic carbocycles. The van der Waals surface area contributed by atoms with E-state index in [9.17, 15) is 8.42 Å². The van der Waals surface area contributed by atoms with Crippen LogP contribution in [-0.2, 0) is 20.3 Å². The smallest absolute Gasteiger partial charge is 0.220 e. The number of sulfonamides is 1. The molecule has 0 amide bonds. The zero-order valence-electron chi connectivity index (χ0n) is 16.1. The van der Waals surface area contributed by atoms with Crippen molar-refractivity contribution in [3.05, 3.63) is 35.9 Å². The normalized spacial score (nSPS) is 34.4. The molecule has 0 saturated carbocycles. The standard InChI is InChI=1S/C19H28N2O3S/c1-16(2,3)25(22,23)21-18(6,14-11-9-8-10-12-14)19(21,7)15-20-17(4,5)13-24-15/h8-12H,13H2,1-7H3/t18-,19+,21?/m0/s1. The van der Waals surface area contributed by atoms with E-state index in [2.05, 4.69) is 0 Å². The summed E-state index contributed by atoms with van der Waals surface area (Å²) >= 11 is 0. The van der Waals surface area contributed by atoms with Gasteiger partial charge in [-0.3, -0.25) is 0 Å². The summed E-state index contributed by atoms with van der Waals surface area (Å²) in [5.41, 5.74) is -0.940. The molecular formula is C19H28N2O3S. The molecule has 2 heterocycles. The minimum absolute atomic E-state index is 0.338. The molecule has 1 aromatic rings. The Morgan fingerprint density at radius 3 is 2.04 bits per heavy atom. The van der Waals surface area contributed by atoms with Crippen molar-refractivity contribution in [3.63, 3.8) is 0 Å². The molecule has 25 heavy (non-hydrogen) atoms. The van der Waals surface area contributed by atoms with Crippen molar-refractivity contribution in [1.29, 1.82) is 0 Å². The molecule has 0 N–H and O–H groups in total. The van der Waals surface area contributed by atoms with Crippen LogP contribution < -0.4 is 0 Å². The molecule has 0 aliphatic carbocycles. The van der Waals surface area contributed by atoms with Crippen molar-refractivity contribution in [2.45, 2.75) is 69.8 Å². The molecular weight excluding hydrogens is 336 g/mol. The first-order chi connectivity index (χ1) is 11.3. The molecule has 3 rings (SSSR count). The SMILES string of the molecule is CC1(C)COC([C@@]2(C)N(S(=O)(=O)C(C)(C)C)[C@@]2(C)c2ccccc2)=N1. The van der Waals surface area contributed by atoms with Gasteiger partial charge in [0.15, 0.2) is 0 Å². The number of aliphatic imine (C=N–C) groups is 1. The van der Waals surface area contributed by atoms with Crippen molar-refractivity contribution in [3.8, 4) is 0 Å². The summed E-state index contributed by atoms with van der Waals surface area (Å²) in [5.74, 6) is 0.511. The van der Waals surface area contributed by atoms with Gasteiger partial charge in [0.25, 0.3) is 0 Å². The number of benzene rings is 1. The van der Waals surface area contributed by atoms with Crippen LogP contribution in [0, 0.1) is 0 Å². The van der Waals surface area contributed by atoms with E-state index in [0.29, 0.717) is 12.5 Å². The molecule has 1 unspecified atom stereocenters. The topological polar surface area (TPSA) is 58.7 Å². The Labute approximate surface area is 151 Å². The number of ether oxygens (including phenoxy) is 1. The van der Waals surface area contributed by atoms with Crippen LogP contribution >= 0.6 is 0 Å². The molecule has 2 aliphatic rings. The van der Waals surface area contributed by atoms with E-state index in [1.807, 2.05) is 58.0 Å². The number of rotatable bonds is 3. The Bertz CT molecular complexity index is 824. The van der Waals surface area contributed by atoms with Gasteiger partial charge in [-0.1, -0.05) is 30.3 Å². The average Bonchev–Trinajstić information content (AvgIpc) is 2.81. The first-order valence-corrected chi connectivity index (χ1v) is 10.1. The molecule has 0 bridgehead atoms. The highest BCUT2D eigenvalue weighted by Gasteiger charge is 2.80. The lowest BCUT2D eigenvalue weighted by molar-refractivity contribution is 0.266. The van der Waals surface area contributed by atoms with E-state index in [1.54, 1.807) is 25.1 Å². The molecule has 0 aromatic heterocycles. The number of nitrogens with zero attached hydrogens (tertiary/aromatic N) is 2. The summed E-state index contributed by atoms with van der Waals surface area (Å²) in [7, 11) is -3.57. The second kappa shape index (κ2) is 5.07. The van der Waals surface area contributed by atoms with E-state index < -0.39 is 25.8 Å². The van der Waals surface area contributed by atoms with Gasteiger partial charge >= 0.3 is 0 Å². The maximum absolute atomic E-state index is 13.4. The van der Waals surface area contributed by atoms with Gasteiger partial charge in [0.1, 0.15) is 12.1 Å². The fourth-order valence-corrected chi connectivity index (χ4v) is 5.63. The van der Waals surface area contributed by atoms with Crippen LogP contribution in [0.4, 0.5) is 0 Å². The van der Waals surface area contributed by atoms with Crippen LogP contribution in [0.15, 0.2) is 35.3 Å². The molecule has 1 saturated heterocycles. The largest absolute Gasteiger partial charge is 0.477 e. The Kier molecular flexibility index (Phi) is 3.73. The molecule has 3 atom stereocenters. The van der Waals surface area contributed by atoms with Crippen LogP contribution in [0.2, 0.25) is 0 Å². The van der Waals surface area contributed by atoms with Crippen molar-refractivity contribution in [2.75, 3.05) is 6.61 Å². The lowest BCUT2D eigenvalue weighted by Crippen LogP contribution is -2.39. The van der Waals surface area contributed by atoms with Gasteiger partial charge in [-0.05, 0) is 54.0 Å². The highest BCUT2D eigenvalue weighted by atomic mass is 32.2. The molecule has 138 valence electrons. The minimum Gasteiger partial charge on any atom is -0.477 e. The number of hydrogen-bond donors (Lipinski definition) is 0. The van der Waals surface area contributed by atoms with Crippen LogP contribution in [0.25, 0.3) is 0 Å². The summed E-state index contributed by atoms with van der Waals surface area (Å²) < 4.78 is 33.3. The summed E-state index contributed by atoms with van der Waals surface area (Å²) in [5, 5.41) is 0. The van der Waals surface area contributed by atoms with Crippen molar-refractivity contribution in [1.82, 2.24) is 4.31 Å². The molecule has 2 aliphatic heterocycles. The Balaban J connectivity index is 2.19. The third-order valence-electron chi connectivity index (χ3n) is 5.44. The summed E-state index contributed by atoms with van der Waals surface area (Å²) in [6.45, 7) is 13.5. The fourth-order valence-electron chi connectivity index (χ4n) is 3.62. The van der Waals surface area contributed by atoms with Crippen molar-refractivity contribution in [2.24, 2.45) is 4.99 Å². The summed E-state index contributed by atoms with van der Waals surface area (Å²) in [4.78, 5) is 4.71. The maximum atomic E-state index is 13.4. The van der Waals surface area contributed by atoms with E-state index >= 15 is 0 Å². The monoisotopic (exact) mass is 364 g/mol. The minimum atomic E-state index is -3.57.